The van der Waals surface area contributed by atoms with Gasteiger partial charge in [-0.25, -0.2) is 13.9 Å². The molecule has 1 aromatic rings. The van der Waals surface area contributed by atoms with E-state index in [0.717, 1.165) is 0 Å². The van der Waals surface area contributed by atoms with Gasteiger partial charge in [-0.1, -0.05) is 0 Å². The molecule has 7 heteroatoms. The number of rotatable bonds is 7. The molecule has 0 fully saturated rings. The summed E-state index contributed by atoms with van der Waals surface area (Å²) < 4.78 is 29.7. The molecule has 0 radical (unpaired) electrons. The second-order valence-electron chi connectivity index (χ2n) is 4.06. The largest absolute Gasteiger partial charge is 0.475 e. The smallest absolute Gasteiger partial charge is 0.345 e. The molecule has 0 amide bonds. The molecule has 0 aromatic carbocycles. The number of halogens is 1. The van der Waals surface area contributed by atoms with Crippen molar-refractivity contribution >= 4 is 5.97 Å². The first kappa shape index (κ1) is 15.4. The highest BCUT2D eigenvalue weighted by molar-refractivity contribution is 5.91. The number of carbonyl (C=O) groups is 1. The first-order valence-corrected chi connectivity index (χ1v) is 5.94. The lowest BCUT2D eigenvalue weighted by Gasteiger charge is -2.17. The molecule has 1 heterocycles. The van der Waals surface area contributed by atoms with Crippen molar-refractivity contribution < 1.29 is 23.4 Å². The Labute approximate surface area is 111 Å². The van der Waals surface area contributed by atoms with Gasteiger partial charge < -0.3 is 14.2 Å². The molecular weight excluding hydrogens is 255 g/mol. The van der Waals surface area contributed by atoms with Crippen LogP contribution >= 0.6 is 0 Å². The zero-order chi connectivity index (χ0) is 14.4. The highest BCUT2D eigenvalue weighted by atomic mass is 19.1. The van der Waals surface area contributed by atoms with Crippen molar-refractivity contribution in [2.24, 2.45) is 0 Å². The monoisotopic (exact) mass is 274 g/mol. The molecule has 6 nitrogen and oxygen atoms in total. The highest BCUT2D eigenvalue weighted by Gasteiger charge is 2.25. The fourth-order valence-corrected chi connectivity index (χ4v) is 1.45. The Bertz CT molecular complexity index is 420. The summed E-state index contributed by atoms with van der Waals surface area (Å²) in [6, 6.07) is -0.545. The van der Waals surface area contributed by atoms with E-state index in [4.69, 9.17) is 9.47 Å². The Morgan fingerprint density at radius 3 is 2.63 bits per heavy atom. The van der Waals surface area contributed by atoms with Gasteiger partial charge in [0.2, 0.25) is 5.88 Å². The van der Waals surface area contributed by atoms with Crippen LogP contribution in [0, 0.1) is 0 Å². The van der Waals surface area contributed by atoms with Crippen molar-refractivity contribution in [3.63, 3.8) is 0 Å². The van der Waals surface area contributed by atoms with Gasteiger partial charge in [0.1, 0.15) is 18.3 Å². The third-order valence-electron chi connectivity index (χ3n) is 2.73. The van der Waals surface area contributed by atoms with Crippen LogP contribution in [0.15, 0.2) is 6.20 Å². The molecule has 1 aromatic heterocycles. The van der Waals surface area contributed by atoms with Gasteiger partial charge in [-0.2, -0.15) is 5.10 Å². The van der Waals surface area contributed by atoms with E-state index in [1.807, 2.05) is 0 Å². The lowest BCUT2D eigenvalue weighted by molar-refractivity contribution is 0.0591. The summed E-state index contributed by atoms with van der Waals surface area (Å²) in [4.78, 5) is 11.6. The molecule has 0 N–H and O–H groups in total. The van der Waals surface area contributed by atoms with Gasteiger partial charge in [-0.3, -0.25) is 0 Å². The molecule has 0 saturated heterocycles. The molecule has 0 aliphatic heterocycles. The van der Waals surface area contributed by atoms with Crippen LogP contribution in [-0.4, -0.2) is 49.4 Å². The Morgan fingerprint density at radius 1 is 1.42 bits per heavy atom. The van der Waals surface area contributed by atoms with Crippen LogP contribution in [0.25, 0.3) is 0 Å². The first-order valence-electron chi connectivity index (χ1n) is 5.94. The number of hydrogen-bond acceptors (Lipinski definition) is 5. The van der Waals surface area contributed by atoms with Gasteiger partial charge >= 0.3 is 5.97 Å². The van der Waals surface area contributed by atoms with Gasteiger partial charge in [0, 0.05) is 7.11 Å². The lowest BCUT2D eigenvalue weighted by Crippen LogP contribution is -2.19. The topological polar surface area (TPSA) is 62.6 Å². The molecule has 0 aliphatic carbocycles. The fraction of sp³-hybridized carbons (Fsp3) is 0.667. The minimum atomic E-state index is -1.13. The van der Waals surface area contributed by atoms with Crippen molar-refractivity contribution in [2.45, 2.75) is 26.1 Å². The third-order valence-corrected chi connectivity index (χ3v) is 2.73. The third kappa shape index (κ3) is 3.66. The van der Waals surface area contributed by atoms with Crippen LogP contribution in [0.4, 0.5) is 4.39 Å². The van der Waals surface area contributed by atoms with Crippen LogP contribution in [-0.2, 0) is 9.47 Å². The van der Waals surface area contributed by atoms with E-state index in [-0.39, 0.29) is 18.1 Å². The zero-order valence-corrected chi connectivity index (χ0v) is 11.6. The number of carbonyl (C=O) groups excluding carboxylic acids is 1. The fourth-order valence-electron chi connectivity index (χ4n) is 1.45. The molecule has 0 spiro atoms. The lowest BCUT2D eigenvalue weighted by atomic mass is 10.2. The maximum absolute atomic E-state index is 13.4. The maximum Gasteiger partial charge on any atom is 0.345 e. The summed E-state index contributed by atoms with van der Waals surface area (Å²) in [7, 11) is 2.80. The average Bonchev–Trinajstić information content (AvgIpc) is 2.81. The van der Waals surface area contributed by atoms with Crippen LogP contribution in [0.5, 0.6) is 5.88 Å². The van der Waals surface area contributed by atoms with Gasteiger partial charge in [0.05, 0.1) is 26.0 Å². The second kappa shape index (κ2) is 7.08. The summed E-state index contributed by atoms with van der Waals surface area (Å²) >= 11 is 0. The van der Waals surface area contributed by atoms with E-state index < -0.39 is 18.2 Å². The number of alkyl halides is 1. The molecule has 19 heavy (non-hydrogen) atoms. The SMILES string of the molecule is COCCOc1c(C(=O)OC)cnn1C(C)[C@H](C)F. The van der Waals surface area contributed by atoms with E-state index in [2.05, 4.69) is 9.84 Å². The molecule has 108 valence electrons. The van der Waals surface area contributed by atoms with E-state index in [1.54, 1.807) is 6.92 Å². The predicted molar refractivity (Wildman–Crippen MR) is 66.2 cm³/mol. The predicted octanol–water partition coefficient (Wildman–Crippen LogP) is 1.61. The molecule has 1 rings (SSSR count). The van der Waals surface area contributed by atoms with Crippen LogP contribution in [0.1, 0.15) is 30.2 Å². The van der Waals surface area contributed by atoms with Crippen molar-refractivity contribution in [1.82, 2.24) is 9.78 Å². The van der Waals surface area contributed by atoms with Crippen molar-refractivity contribution in [2.75, 3.05) is 27.4 Å². The van der Waals surface area contributed by atoms with Gasteiger partial charge in [0.15, 0.2) is 0 Å². The molecule has 0 saturated carbocycles. The molecule has 0 bridgehead atoms. The van der Waals surface area contributed by atoms with Gasteiger partial charge in [-0.15, -0.1) is 0 Å². The summed E-state index contributed by atoms with van der Waals surface area (Å²) in [6.07, 6.45) is 0.183. The molecule has 1 unspecified atom stereocenters. The Balaban J connectivity index is 3.03. The van der Waals surface area contributed by atoms with E-state index in [1.165, 1.54) is 32.0 Å². The summed E-state index contributed by atoms with van der Waals surface area (Å²) in [5, 5.41) is 4.00. The van der Waals surface area contributed by atoms with Crippen molar-refractivity contribution in [1.29, 1.82) is 0 Å². The number of aromatic nitrogens is 2. The molecule has 0 aliphatic rings. The van der Waals surface area contributed by atoms with Crippen LogP contribution in [0.3, 0.4) is 0 Å². The normalized spacial score (nSPS) is 13.9. The van der Waals surface area contributed by atoms with E-state index in [0.29, 0.717) is 6.61 Å². The van der Waals surface area contributed by atoms with Crippen LogP contribution < -0.4 is 4.74 Å². The summed E-state index contributed by atoms with van der Waals surface area (Å²) in [5.74, 6) is -0.377. The summed E-state index contributed by atoms with van der Waals surface area (Å²) in [5.41, 5.74) is 0.172. The number of methoxy groups -OCH3 is 2. The Hall–Kier alpha value is -1.63. The van der Waals surface area contributed by atoms with Crippen molar-refractivity contribution in [3.8, 4) is 5.88 Å². The molecule has 2 atom stereocenters. The Kier molecular flexibility index (Phi) is 5.75. The standard InChI is InChI=1S/C12H19FN2O4/c1-8(13)9(2)15-11(19-6-5-17-3)10(7-14-15)12(16)18-4/h7-9H,5-6H2,1-4H3/t8-,9?/m0/s1. The minimum absolute atomic E-state index is 0.172. The van der Waals surface area contributed by atoms with E-state index >= 15 is 0 Å². The first-order chi connectivity index (χ1) is 9.02. The van der Waals surface area contributed by atoms with E-state index in [9.17, 15) is 9.18 Å². The van der Waals surface area contributed by atoms with Crippen LogP contribution in [0.2, 0.25) is 0 Å². The second-order valence-corrected chi connectivity index (χ2v) is 4.06. The van der Waals surface area contributed by atoms with Crippen molar-refractivity contribution in [3.05, 3.63) is 11.8 Å². The summed E-state index contributed by atoms with van der Waals surface area (Å²) in [6.45, 7) is 3.66. The average molecular weight is 274 g/mol. The quantitative estimate of drug-likeness (QED) is 0.558. The highest BCUT2D eigenvalue weighted by Crippen LogP contribution is 2.25. The van der Waals surface area contributed by atoms with Gasteiger partial charge in [-0.05, 0) is 13.8 Å². The number of esters is 1. The Morgan fingerprint density at radius 2 is 2.11 bits per heavy atom. The number of nitrogens with zero attached hydrogens (tertiary/aromatic N) is 2. The zero-order valence-electron chi connectivity index (χ0n) is 11.6. The maximum atomic E-state index is 13.4. The number of hydrogen-bond donors (Lipinski definition) is 0. The number of ether oxygens (including phenoxy) is 3. The molecular formula is C12H19FN2O4. The minimum Gasteiger partial charge on any atom is -0.475 e. The van der Waals surface area contributed by atoms with Gasteiger partial charge in [0.25, 0.3) is 0 Å².